The van der Waals surface area contributed by atoms with E-state index in [1.165, 1.54) is 23.4 Å². The van der Waals surface area contributed by atoms with Crippen molar-refractivity contribution >= 4 is 11.7 Å². The van der Waals surface area contributed by atoms with Crippen LogP contribution in [0.15, 0.2) is 36.5 Å². The van der Waals surface area contributed by atoms with E-state index in [0.29, 0.717) is 0 Å². The van der Waals surface area contributed by atoms with Crippen molar-refractivity contribution in [1.82, 2.24) is 10.3 Å². The van der Waals surface area contributed by atoms with Crippen molar-refractivity contribution in [2.75, 3.05) is 18.4 Å². The second-order valence-electron chi connectivity index (χ2n) is 6.31. The minimum absolute atomic E-state index is 0.151. The van der Waals surface area contributed by atoms with Gasteiger partial charge in [-0.2, -0.15) is 13.2 Å². The molecule has 2 N–H and O–H groups in total. The number of alkyl halides is 3. The van der Waals surface area contributed by atoms with Crippen LogP contribution in [0.4, 0.5) is 19.0 Å². The van der Waals surface area contributed by atoms with Crippen molar-refractivity contribution in [3.05, 3.63) is 58.8 Å². The summed E-state index contributed by atoms with van der Waals surface area (Å²) in [5.41, 5.74) is 2.81. The Bertz CT molecular complexity index is 790. The number of anilines is 1. The van der Waals surface area contributed by atoms with Gasteiger partial charge in [0.05, 0.1) is 12.0 Å². The maximum atomic E-state index is 12.9. The Morgan fingerprint density at radius 3 is 2.73 bits per heavy atom. The highest BCUT2D eigenvalue weighted by Gasteiger charge is 2.33. The maximum Gasteiger partial charge on any atom is 0.419 e. The number of pyridine rings is 1. The van der Waals surface area contributed by atoms with Crippen LogP contribution in [0.2, 0.25) is 0 Å². The predicted molar refractivity (Wildman–Crippen MR) is 92.9 cm³/mol. The Morgan fingerprint density at radius 1 is 1.12 bits per heavy atom. The monoisotopic (exact) mass is 363 g/mol. The highest BCUT2D eigenvalue weighted by molar-refractivity contribution is 5.78. The summed E-state index contributed by atoms with van der Waals surface area (Å²) in [6, 6.07) is 8.33. The number of carbonyl (C=O) groups is 1. The summed E-state index contributed by atoms with van der Waals surface area (Å²) < 4.78 is 38.6. The molecule has 0 aliphatic heterocycles. The smallest absolute Gasteiger partial charge is 0.368 e. The molecule has 0 fully saturated rings. The number of fused-ring (bicyclic) bond motifs is 1. The van der Waals surface area contributed by atoms with Crippen LogP contribution in [0.1, 0.15) is 28.7 Å². The van der Waals surface area contributed by atoms with Crippen LogP contribution < -0.4 is 10.6 Å². The lowest BCUT2D eigenvalue weighted by molar-refractivity contribution is -0.137. The number of nitrogens with one attached hydrogen (secondary N) is 2. The van der Waals surface area contributed by atoms with E-state index >= 15 is 0 Å². The van der Waals surface area contributed by atoms with Gasteiger partial charge in [-0.05, 0) is 48.1 Å². The number of benzene rings is 1. The summed E-state index contributed by atoms with van der Waals surface area (Å²) in [7, 11) is 0. The molecular weight excluding hydrogens is 343 g/mol. The quantitative estimate of drug-likeness (QED) is 0.774. The number of aryl methyl sites for hydroxylation is 2. The molecule has 26 heavy (non-hydrogen) atoms. The highest BCUT2D eigenvalue weighted by Crippen LogP contribution is 2.33. The fraction of sp³-hybridized carbons (Fsp3) is 0.368. The first-order valence-electron chi connectivity index (χ1n) is 8.57. The Hall–Kier alpha value is -2.57. The predicted octanol–water partition coefficient (Wildman–Crippen LogP) is 3.36. The van der Waals surface area contributed by atoms with Crippen molar-refractivity contribution in [3.8, 4) is 0 Å². The minimum Gasteiger partial charge on any atom is -0.368 e. The summed E-state index contributed by atoms with van der Waals surface area (Å²) in [6.45, 7) is 0.383. The summed E-state index contributed by atoms with van der Waals surface area (Å²) in [5, 5.41) is 5.34. The average molecular weight is 363 g/mol. The van der Waals surface area contributed by atoms with Crippen molar-refractivity contribution in [1.29, 1.82) is 0 Å². The number of carbonyl (C=O) groups excluding carboxylic acids is 1. The molecule has 0 unspecified atom stereocenters. The molecule has 3 rings (SSSR count). The number of halogens is 3. The van der Waals surface area contributed by atoms with Gasteiger partial charge in [-0.15, -0.1) is 0 Å². The molecule has 1 heterocycles. The van der Waals surface area contributed by atoms with E-state index in [4.69, 9.17) is 0 Å². The molecule has 0 saturated carbocycles. The Morgan fingerprint density at radius 2 is 1.92 bits per heavy atom. The molecule has 1 aromatic carbocycles. The molecule has 7 heteroatoms. The summed E-state index contributed by atoms with van der Waals surface area (Å²) in [4.78, 5) is 15.7. The van der Waals surface area contributed by atoms with Crippen LogP contribution in [0, 0.1) is 0 Å². The molecule has 0 saturated heterocycles. The van der Waals surface area contributed by atoms with Crippen LogP contribution in [0.3, 0.4) is 0 Å². The largest absolute Gasteiger partial charge is 0.419 e. The van der Waals surface area contributed by atoms with Gasteiger partial charge < -0.3 is 10.6 Å². The SMILES string of the molecule is O=C(Cc1ccc2c(c1)CCC2)NCCNc1ncccc1C(F)(F)F. The fourth-order valence-electron chi connectivity index (χ4n) is 3.14. The maximum absolute atomic E-state index is 12.9. The zero-order chi connectivity index (χ0) is 18.6. The van der Waals surface area contributed by atoms with Crippen molar-refractivity contribution in [3.63, 3.8) is 0 Å². The van der Waals surface area contributed by atoms with E-state index in [-0.39, 0.29) is 31.2 Å². The Kier molecular flexibility index (Phi) is 5.44. The normalized spacial score (nSPS) is 13.3. The Labute approximate surface area is 149 Å². The number of hydrogen-bond donors (Lipinski definition) is 2. The zero-order valence-electron chi connectivity index (χ0n) is 14.2. The van der Waals surface area contributed by atoms with E-state index < -0.39 is 11.7 Å². The van der Waals surface area contributed by atoms with Crippen molar-refractivity contribution < 1.29 is 18.0 Å². The fourth-order valence-corrected chi connectivity index (χ4v) is 3.14. The molecular formula is C19H20F3N3O. The van der Waals surface area contributed by atoms with Crippen LogP contribution in [-0.2, 0) is 30.2 Å². The standard InChI is InChI=1S/C19H20F3N3O/c20-19(21,22)16-5-2-8-24-18(16)25-10-9-23-17(26)12-13-6-7-14-3-1-4-15(14)11-13/h2,5-8,11H,1,3-4,9-10,12H2,(H,23,26)(H,24,25). The van der Waals surface area contributed by atoms with E-state index in [1.54, 1.807) is 0 Å². The number of amides is 1. The number of aromatic nitrogens is 1. The first-order valence-corrected chi connectivity index (χ1v) is 8.57. The number of rotatable bonds is 6. The second-order valence-corrected chi connectivity index (χ2v) is 6.31. The number of hydrogen-bond acceptors (Lipinski definition) is 3. The van der Waals surface area contributed by atoms with Gasteiger partial charge in [0.25, 0.3) is 0 Å². The van der Waals surface area contributed by atoms with E-state index in [0.717, 1.165) is 30.9 Å². The lowest BCUT2D eigenvalue weighted by Crippen LogP contribution is -2.30. The minimum atomic E-state index is -4.46. The average Bonchev–Trinajstić information content (AvgIpc) is 3.06. The second kappa shape index (κ2) is 7.76. The lowest BCUT2D eigenvalue weighted by atomic mass is 10.0. The van der Waals surface area contributed by atoms with Crippen LogP contribution in [0.5, 0.6) is 0 Å². The molecule has 0 radical (unpaired) electrons. The lowest BCUT2D eigenvalue weighted by Gasteiger charge is -2.13. The third-order valence-electron chi connectivity index (χ3n) is 4.38. The Balaban J connectivity index is 1.46. The van der Waals surface area contributed by atoms with Gasteiger partial charge in [-0.25, -0.2) is 4.98 Å². The third-order valence-corrected chi connectivity index (χ3v) is 4.38. The van der Waals surface area contributed by atoms with Gasteiger partial charge in [0.15, 0.2) is 0 Å². The molecule has 2 aromatic rings. The van der Waals surface area contributed by atoms with Gasteiger partial charge in [0.1, 0.15) is 5.82 Å². The van der Waals surface area contributed by atoms with Crippen LogP contribution >= 0.6 is 0 Å². The van der Waals surface area contributed by atoms with Crippen molar-refractivity contribution in [2.45, 2.75) is 31.9 Å². The van der Waals surface area contributed by atoms with Gasteiger partial charge >= 0.3 is 6.18 Å². The van der Waals surface area contributed by atoms with E-state index in [9.17, 15) is 18.0 Å². The highest BCUT2D eigenvalue weighted by atomic mass is 19.4. The van der Waals surface area contributed by atoms with Gasteiger partial charge in [0, 0.05) is 19.3 Å². The first kappa shape index (κ1) is 18.2. The summed E-state index contributed by atoms with van der Waals surface area (Å²) in [6.07, 6.45) is 0.410. The third kappa shape index (κ3) is 4.53. The molecule has 4 nitrogen and oxygen atoms in total. The molecule has 1 aromatic heterocycles. The molecule has 1 aliphatic carbocycles. The molecule has 0 spiro atoms. The molecule has 138 valence electrons. The van der Waals surface area contributed by atoms with Gasteiger partial charge in [-0.3, -0.25) is 4.79 Å². The molecule has 0 bridgehead atoms. The molecule has 0 atom stereocenters. The van der Waals surface area contributed by atoms with Crippen LogP contribution in [-0.4, -0.2) is 24.0 Å². The van der Waals surface area contributed by atoms with Gasteiger partial charge in [0.2, 0.25) is 5.91 Å². The summed E-state index contributed by atoms with van der Waals surface area (Å²) >= 11 is 0. The number of nitrogens with zero attached hydrogens (tertiary/aromatic N) is 1. The van der Waals surface area contributed by atoms with Crippen molar-refractivity contribution in [2.24, 2.45) is 0 Å². The topological polar surface area (TPSA) is 54.0 Å². The summed E-state index contributed by atoms with van der Waals surface area (Å²) in [5.74, 6) is -0.380. The van der Waals surface area contributed by atoms with E-state index in [1.807, 2.05) is 6.07 Å². The zero-order valence-corrected chi connectivity index (χ0v) is 14.2. The van der Waals surface area contributed by atoms with Crippen LogP contribution in [0.25, 0.3) is 0 Å². The molecule has 1 aliphatic rings. The van der Waals surface area contributed by atoms with E-state index in [2.05, 4.69) is 27.8 Å². The van der Waals surface area contributed by atoms with Gasteiger partial charge in [-0.1, -0.05) is 18.2 Å². The first-order chi connectivity index (χ1) is 12.4. The molecule has 1 amide bonds.